The van der Waals surface area contributed by atoms with E-state index in [4.69, 9.17) is 27.7 Å². The molecule has 0 spiro atoms. The van der Waals surface area contributed by atoms with Crippen LogP contribution in [0.2, 0.25) is 10.0 Å². The first kappa shape index (κ1) is 15.8. The fraction of sp³-hybridized carbons (Fsp3) is 0.333. The van der Waals surface area contributed by atoms with Crippen LogP contribution < -0.4 is 5.32 Å². The van der Waals surface area contributed by atoms with Gasteiger partial charge in [-0.15, -0.1) is 0 Å². The average Bonchev–Trinajstić information content (AvgIpc) is 3.11. The molecule has 0 saturated heterocycles. The maximum absolute atomic E-state index is 12.3. The highest BCUT2D eigenvalue weighted by molar-refractivity contribution is 9.10. The van der Waals surface area contributed by atoms with Crippen molar-refractivity contribution in [3.8, 4) is 11.3 Å². The number of halogens is 3. The van der Waals surface area contributed by atoms with E-state index in [0.717, 1.165) is 25.7 Å². The number of nitrogens with one attached hydrogen (secondary N) is 1. The van der Waals surface area contributed by atoms with Crippen LogP contribution in [0.15, 0.2) is 27.2 Å². The number of rotatable bonds is 3. The van der Waals surface area contributed by atoms with Crippen LogP contribution in [0, 0.1) is 0 Å². The predicted molar refractivity (Wildman–Crippen MR) is 89.4 cm³/mol. The Hall–Kier alpha value is -1.04. The van der Waals surface area contributed by atoms with Crippen LogP contribution in [0.3, 0.4) is 0 Å². The van der Waals surface area contributed by atoms with Crippen molar-refractivity contribution >= 4 is 45.0 Å². The van der Waals surface area contributed by atoms with Gasteiger partial charge in [0.15, 0.2) is 11.5 Å². The third-order valence-electron chi connectivity index (χ3n) is 3.72. The Labute approximate surface area is 146 Å². The molecule has 3 rings (SSSR count). The highest BCUT2D eigenvalue weighted by Gasteiger charge is 2.24. The molecule has 0 radical (unpaired) electrons. The molecule has 0 unspecified atom stereocenters. The monoisotopic (exact) mass is 402 g/mol. The zero-order valence-electron chi connectivity index (χ0n) is 11.5. The molecule has 7 heteroatoms. The molecule has 0 atom stereocenters. The molecule has 1 heterocycles. The van der Waals surface area contributed by atoms with Gasteiger partial charge >= 0.3 is 0 Å². The van der Waals surface area contributed by atoms with E-state index in [1.54, 1.807) is 18.2 Å². The smallest absolute Gasteiger partial charge is 0.274 e. The number of nitrogens with zero attached hydrogens (tertiary/aromatic N) is 1. The van der Waals surface area contributed by atoms with Gasteiger partial charge in [0, 0.05) is 11.6 Å². The molecule has 1 aliphatic carbocycles. The number of benzene rings is 1. The second-order valence-corrected chi connectivity index (χ2v) is 6.87. The lowest BCUT2D eigenvalue weighted by atomic mass is 10.1. The molecule has 1 fully saturated rings. The Balaban J connectivity index is 1.84. The van der Waals surface area contributed by atoms with E-state index in [1.807, 2.05) is 0 Å². The van der Waals surface area contributed by atoms with Crippen LogP contribution in [0.4, 0.5) is 0 Å². The fourth-order valence-corrected chi connectivity index (χ4v) is 3.41. The maximum Gasteiger partial charge on any atom is 0.274 e. The topological polar surface area (TPSA) is 55.1 Å². The van der Waals surface area contributed by atoms with E-state index in [9.17, 15) is 4.79 Å². The molecular formula is C15H13BrCl2N2O2. The second kappa shape index (κ2) is 6.60. The van der Waals surface area contributed by atoms with Gasteiger partial charge in [0.05, 0.1) is 14.5 Å². The summed E-state index contributed by atoms with van der Waals surface area (Å²) < 4.78 is 5.82. The number of hydrogen-bond donors (Lipinski definition) is 1. The molecule has 1 N–H and O–H groups in total. The Morgan fingerprint density at radius 3 is 2.68 bits per heavy atom. The third-order valence-corrected chi connectivity index (χ3v) is 5.20. The lowest BCUT2D eigenvalue weighted by molar-refractivity contribution is 0.0928. The van der Waals surface area contributed by atoms with Crippen molar-refractivity contribution in [2.24, 2.45) is 0 Å². The normalized spacial score (nSPS) is 15.2. The van der Waals surface area contributed by atoms with Gasteiger partial charge in [-0.05, 0) is 47.0 Å². The maximum atomic E-state index is 12.3. The van der Waals surface area contributed by atoms with Gasteiger partial charge < -0.3 is 9.84 Å². The minimum atomic E-state index is -0.228. The van der Waals surface area contributed by atoms with Gasteiger partial charge in [-0.25, -0.2) is 0 Å². The quantitative estimate of drug-likeness (QED) is 0.776. The van der Waals surface area contributed by atoms with Gasteiger partial charge in [0.25, 0.3) is 5.91 Å². The van der Waals surface area contributed by atoms with E-state index in [0.29, 0.717) is 25.8 Å². The fourth-order valence-electron chi connectivity index (χ4n) is 2.56. The lowest BCUT2D eigenvalue weighted by Crippen LogP contribution is -2.32. The molecule has 1 amide bonds. The van der Waals surface area contributed by atoms with Gasteiger partial charge in [-0.1, -0.05) is 41.2 Å². The Kier molecular flexibility index (Phi) is 4.76. The second-order valence-electron chi connectivity index (χ2n) is 5.26. The highest BCUT2D eigenvalue weighted by atomic mass is 79.9. The zero-order valence-corrected chi connectivity index (χ0v) is 14.6. The van der Waals surface area contributed by atoms with Crippen molar-refractivity contribution in [1.82, 2.24) is 10.5 Å². The van der Waals surface area contributed by atoms with Gasteiger partial charge in [0.2, 0.25) is 0 Å². The minimum Gasteiger partial charge on any atom is -0.354 e. The van der Waals surface area contributed by atoms with Crippen molar-refractivity contribution in [3.05, 3.63) is 38.4 Å². The number of amides is 1. The summed E-state index contributed by atoms with van der Waals surface area (Å²) in [4.78, 5) is 12.3. The summed E-state index contributed by atoms with van der Waals surface area (Å²) in [6, 6.07) is 5.34. The number of aromatic nitrogens is 1. The summed E-state index contributed by atoms with van der Waals surface area (Å²) in [6.07, 6.45) is 4.33. The average molecular weight is 404 g/mol. The molecule has 116 valence electrons. The van der Waals surface area contributed by atoms with E-state index in [1.165, 1.54) is 0 Å². The summed E-state index contributed by atoms with van der Waals surface area (Å²) in [5, 5.41) is 7.73. The largest absolute Gasteiger partial charge is 0.354 e. The number of carbonyl (C=O) groups is 1. The zero-order chi connectivity index (χ0) is 15.7. The third kappa shape index (κ3) is 3.16. The first-order chi connectivity index (χ1) is 10.6. The molecule has 4 nitrogen and oxygen atoms in total. The summed E-state index contributed by atoms with van der Waals surface area (Å²) in [5.74, 6) is 0.226. The minimum absolute atomic E-state index is 0.226. The summed E-state index contributed by atoms with van der Waals surface area (Å²) >= 11 is 15.3. The molecule has 0 bridgehead atoms. The molecular weight excluding hydrogens is 391 g/mol. The van der Waals surface area contributed by atoms with E-state index in [2.05, 4.69) is 26.4 Å². The first-order valence-electron chi connectivity index (χ1n) is 6.97. The standard InChI is InChI=1S/C15H13BrCl2N2O2/c16-12-13(15(21)19-9-3-1-2-4-9)20-22-14(12)8-5-6-10(17)11(18)7-8/h5-7,9H,1-4H2,(H,19,21). The Morgan fingerprint density at radius 2 is 2.00 bits per heavy atom. The van der Waals surface area contributed by atoms with E-state index in [-0.39, 0.29) is 17.6 Å². The van der Waals surface area contributed by atoms with Crippen LogP contribution in [-0.4, -0.2) is 17.1 Å². The van der Waals surface area contributed by atoms with Crippen LogP contribution in [-0.2, 0) is 0 Å². The van der Waals surface area contributed by atoms with Gasteiger partial charge in [0.1, 0.15) is 0 Å². The van der Waals surface area contributed by atoms with Crippen molar-refractivity contribution in [2.45, 2.75) is 31.7 Å². The Bertz CT molecular complexity index is 712. The highest BCUT2D eigenvalue weighted by Crippen LogP contribution is 2.34. The lowest BCUT2D eigenvalue weighted by Gasteiger charge is -2.09. The van der Waals surface area contributed by atoms with Crippen LogP contribution in [0.5, 0.6) is 0 Å². The molecule has 1 aliphatic rings. The SMILES string of the molecule is O=C(NC1CCCC1)c1noc(-c2ccc(Cl)c(Cl)c2)c1Br. The molecule has 22 heavy (non-hydrogen) atoms. The van der Waals surface area contributed by atoms with Crippen molar-refractivity contribution in [2.75, 3.05) is 0 Å². The Morgan fingerprint density at radius 1 is 1.27 bits per heavy atom. The summed E-state index contributed by atoms with van der Waals surface area (Å²) in [6.45, 7) is 0. The molecule has 1 aromatic carbocycles. The number of carbonyl (C=O) groups excluding carboxylic acids is 1. The van der Waals surface area contributed by atoms with Gasteiger partial charge in [-0.2, -0.15) is 0 Å². The van der Waals surface area contributed by atoms with Gasteiger partial charge in [-0.3, -0.25) is 4.79 Å². The van der Waals surface area contributed by atoms with Crippen molar-refractivity contribution < 1.29 is 9.32 Å². The van der Waals surface area contributed by atoms with Crippen LogP contribution in [0.25, 0.3) is 11.3 Å². The van der Waals surface area contributed by atoms with E-state index >= 15 is 0 Å². The summed E-state index contributed by atoms with van der Waals surface area (Å²) in [5.41, 5.74) is 0.946. The first-order valence-corrected chi connectivity index (χ1v) is 8.52. The number of hydrogen-bond acceptors (Lipinski definition) is 3. The van der Waals surface area contributed by atoms with Crippen LogP contribution in [0.1, 0.15) is 36.2 Å². The molecule has 0 aliphatic heterocycles. The van der Waals surface area contributed by atoms with Crippen LogP contribution >= 0.6 is 39.1 Å². The molecule has 2 aromatic rings. The molecule has 1 saturated carbocycles. The van der Waals surface area contributed by atoms with E-state index < -0.39 is 0 Å². The van der Waals surface area contributed by atoms with Crippen molar-refractivity contribution in [1.29, 1.82) is 0 Å². The summed E-state index contributed by atoms with van der Waals surface area (Å²) in [7, 11) is 0. The predicted octanol–water partition coefficient (Wildman–Crippen LogP) is 5.08. The molecule has 1 aromatic heterocycles. The van der Waals surface area contributed by atoms with Crippen molar-refractivity contribution in [3.63, 3.8) is 0 Å².